The first-order chi connectivity index (χ1) is 11.7. The molecular formula is C16H27N5O3Si. The van der Waals surface area contributed by atoms with E-state index in [1.807, 2.05) is 0 Å². The van der Waals surface area contributed by atoms with Crippen LogP contribution in [-0.4, -0.2) is 53.0 Å². The molecule has 0 amide bonds. The predicted molar refractivity (Wildman–Crippen MR) is 97.7 cm³/mol. The first-order valence-corrected chi connectivity index (χ1v) is 11.2. The summed E-state index contributed by atoms with van der Waals surface area (Å²) in [5.41, 5.74) is 6.07. The van der Waals surface area contributed by atoms with E-state index in [1.54, 1.807) is 16.9 Å². The SMILES string of the molecule is CC(C)(C)[Si](C)(C)OC1CCOC1C=O.Nc1ncnn2ccnc12. The first-order valence-electron chi connectivity index (χ1n) is 8.30. The minimum atomic E-state index is -1.77. The number of ether oxygens (including phenoxy) is 1. The van der Waals surface area contributed by atoms with Gasteiger partial charge >= 0.3 is 0 Å². The Kier molecular flexibility index (Phi) is 5.91. The molecule has 2 N–H and O–H groups in total. The summed E-state index contributed by atoms with van der Waals surface area (Å²) in [5.74, 6) is 0.403. The van der Waals surface area contributed by atoms with E-state index in [2.05, 4.69) is 48.9 Å². The van der Waals surface area contributed by atoms with Crippen molar-refractivity contribution in [2.75, 3.05) is 12.3 Å². The van der Waals surface area contributed by atoms with Gasteiger partial charge in [0.25, 0.3) is 0 Å². The Morgan fingerprint density at radius 3 is 2.72 bits per heavy atom. The molecule has 0 saturated carbocycles. The van der Waals surface area contributed by atoms with E-state index in [0.717, 1.165) is 12.7 Å². The second-order valence-electron chi connectivity index (χ2n) is 7.52. The molecular weight excluding hydrogens is 338 g/mol. The van der Waals surface area contributed by atoms with Crippen molar-refractivity contribution < 1.29 is 14.0 Å². The van der Waals surface area contributed by atoms with Crippen molar-refractivity contribution in [3.63, 3.8) is 0 Å². The van der Waals surface area contributed by atoms with Crippen molar-refractivity contribution in [2.45, 2.75) is 57.5 Å². The number of nitrogens with zero attached hydrogens (tertiary/aromatic N) is 4. The summed E-state index contributed by atoms with van der Waals surface area (Å²) in [5, 5.41) is 4.05. The zero-order valence-electron chi connectivity index (χ0n) is 15.5. The maximum Gasteiger partial charge on any atom is 0.196 e. The highest BCUT2D eigenvalue weighted by atomic mass is 28.4. The summed E-state index contributed by atoms with van der Waals surface area (Å²) < 4.78 is 13.0. The normalized spacial score (nSPS) is 21.0. The number of nitrogen functional groups attached to an aromatic ring is 1. The minimum absolute atomic E-state index is 0.0246. The van der Waals surface area contributed by atoms with Gasteiger partial charge < -0.3 is 19.7 Å². The quantitative estimate of drug-likeness (QED) is 0.656. The number of nitrogens with two attached hydrogens (primary N) is 1. The molecule has 0 aromatic carbocycles. The van der Waals surface area contributed by atoms with E-state index in [0.29, 0.717) is 18.1 Å². The predicted octanol–water partition coefficient (Wildman–Crippen LogP) is 2.07. The Bertz CT molecular complexity index is 713. The van der Waals surface area contributed by atoms with E-state index in [9.17, 15) is 4.79 Å². The van der Waals surface area contributed by atoms with Gasteiger partial charge in [0.2, 0.25) is 0 Å². The summed E-state index contributed by atoms with van der Waals surface area (Å²) in [4.78, 5) is 18.5. The van der Waals surface area contributed by atoms with Crippen molar-refractivity contribution in [3.8, 4) is 0 Å². The van der Waals surface area contributed by atoms with Gasteiger partial charge in [0.05, 0.1) is 12.7 Å². The zero-order valence-corrected chi connectivity index (χ0v) is 16.5. The topological polar surface area (TPSA) is 105 Å². The van der Waals surface area contributed by atoms with E-state index < -0.39 is 8.32 Å². The number of carbonyl (C=O) groups is 1. The van der Waals surface area contributed by atoms with Crippen LogP contribution < -0.4 is 5.73 Å². The average Bonchev–Trinajstić information content (AvgIpc) is 3.15. The summed E-state index contributed by atoms with van der Waals surface area (Å²) in [6.45, 7) is 11.6. The Morgan fingerprint density at radius 2 is 2.12 bits per heavy atom. The molecule has 1 aliphatic rings. The molecule has 1 aliphatic heterocycles. The number of rotatable bonds is 3. The van der Waals surface area contributed by atoms with Crippen molar-refractivity contribution in [1.82, 2.24) is 19.6 Å². The fourth-order valence-corrected chi connectivity index (χ4v) is 3.54. The molecule has 2 aromatic rings. The Morgan fingerprint density at radius 1 is 1.40 bits per heavy atom. The minimum Gasteiger partial charge on any atom is -0.411 e. The average molecular weight is 366 g/mol. The third kappa shape index (κ3) is 4.62. The van der Waals surface area contributed by atoms with Crippen LogP contribution in [0.1, 0.15) is 27.2 Å². The largest absolute Gasteiger partial charge is 0.411 e. The van der Waals surface area contributed by atoms with E-state index in [4.69, 9.17) is 14.9 Å². The van der Waals surface area contributed by atoms with E-state index >= 15 is 0 Å². The molecule has 1 saturated heterocycles. The van der Waals surface area contributed by atoms with Crippen LogP contribution in [0.2, 0.25) is 18.1 Å². The van der Waals surface area contributed by atoms with Crippen molar-refractivity contribution in [1.29, 1.82) is 0 Å². The lowest BCUT2D eigenvalue weighted by atomic mass is 10.2. The number of hydrogen-bond donors (Lipinski definition) is 1. The van der Waals surface area contributed by atoms with Crippen molar-refractivity contribution in [2.24, 2.45) is 0 Å². The molecule has 0 spiro atoms. The molecule has 9 heteroatoms. The van der Waals surface area contributed by atoms with Gasteiger partial charge in [-0.25, -0.2) is 14.5 Å². The first kappa shape index (κ1) is 19.5. The van der Waals surface area contributed by atoms with Crippen LogP contribution in [0.15, 0.2) is 18.7 Å². The van der Waals surface area contributed by atoms with Crippen molar-refractivity contribution in [3.05, 3.63) is 18.7 Å². The second kappa shape index (κ2) is 7.59. The lowest BCUT2D eigenvalue weighted by Gasteiger charge is -2.38. The molecule has 2 unspecified atom stereocenters. The molecule has 8 nitrogen and oxygen atoms in total. The van der Waals surface area contributed by atoms with Gasteiger partial charge in [-0.2, -0.15) is 5.10 Å². The maximum absolute atomic E-state index is 10.8. The molecule has 25 heavy (non-hydrogen) atoms. The molecule has 3 heterocycles. The van der Waals surface area contributed by atoms with Gasteiger partial charge in [-0.05, 0) is 24.6 Å². The van der Waals surface area contributed by atoms with Gasteiger partial charge in [0.1, 0.15) is 12.4 Å². The van der Waals surface area contributed by atoms with E-state index in [-0.39, 0.29) is 17.2 Å². The summed E-state index contributed by atoms with van der Waals surface area (Å²) in [7, 11) is -1.77. The third-order valence-electron chi connectivity index (χ3n) is 4.69. The number of hydrogen-bond acceptors (Lipinski definition) is 7. The van der Waals surface area contributed by atoms with Gasteiger partial charge in [-0.1, -0.05) is 20.8 Å². The highest BCUT2D eigenvalue weighted by molar-refractivity contribution is 6.74. The zero-order chi connectivity index (χ0) is 18.7. The lowest BCUT2D eigenvalue weighted by molar-refractivity contribution is -0.118. The highest BCUT2D eigenvalue weighted by Gasteiger charge is 2.42. The number of fused-ring (bicyclic) bond motifs is 1. The summed E-state index contributed by atoms with van der Waals surface area (Å²) in [6, 6.07) is 0. The van der Waals surface area contributed by atoms with Gasteiger partial charge in [0.15, 0.2) is 26.1 Å². The van der Waals surface area contributed by atoms with Crippen LogP contribution in [0, 0.1) is 0 Å². The van der Waals surface area contributed by atoms with Crippen LogP contribution in [0.5, 0.6) is 0 Å². The second-order valence-corrected chi connectivity index (χ2v) is 12.3. The molecule has 1 fully saturated rings. The van der Waals surface area contributed by atoms with Crippen LogP contribution >= 0.6 is 0 Å². The number of carbonyl (C=O) groups excluding carboxylic acids is 1. The van der Waals surface area contributed by atoms with Gasteiger partial charge in [-0.15, -0.1) is 0 Å². The Hall–Kier alpha value is -1.84. The summed E-state index contributed by atoms with van der Waals surface area (Å²) in [6.07, 6.45) is 6.07. The van der Waals surface area contributed by atoms with Crippen LogP contribution in [-0.2, 0) is 14.0 Å². The standard InChI is InChI=1S/C11H22O3Si.C5H5N5/c1-11(2,3)15(4,5)14-9-6-7-13-10(9)8-12;6-4-5-7-1-2-10(5)9-3-8-4/h8-10H,6-7H2,1-5H3;1-3H,(H2,6,8,9). The molecule has 138 valence electrons. The Balaban J connectivity index is 0.000000194. The third-order valence-corrected chi connectivity index (χ3v) is 9.19. The van der Waals surface area contributed by atoms with Gasteiger partial charge in [0, 0.05) is 12.4 Å². The molecule has 2 aromatic heterocycles. The number of anilines is 1. The molecule has 2 atom stereocenters. The van der Waals surface area contributed by atoms with Gasteiger partial charge in [-0.3, -0.25) is 0 Å². The fourth-order valence-electron chi connectivity index (χ4n) is 2.17. The van der Waals surface area contributed by atoms with E-state index in [1.165, 1.54) is 6.33 Å². The monoisotopic (exact) mass is 365 g/mol. The molecule has 3 rings (SSSR count). The van der Waals surface area contributed by atoms with Crippen molar-refractivity contribution >= 4 is 26.1 Å². The highest BCUT2D eigenvalue weighted by Crippen LogP contribution is 2.38. The summed E-state index contributed by atoms with van der Waals surface area (Å²) >= 11 is 0. The molecule has 0 bridgehead atoms. The lowest BCUT2D eigenvalue weighted by Crippen LogP contribution is -2.46. The fraction of sp³-hybridized carbons (Fsp3) is 0.625. The number of imidazole rings is 1. The Labute approximate surface area is 148 Å². The number of aromatic nitrogens is 4. The molecule has 0 aliphatic carbocycles. The van der Waals surface area contributed by atoms with Crippen LogP contribution in [0.4, 0.5) is 5.82 Å². The van der Waals surface area contributed by atoms with Crippen LogP contribution in [0.3, 0.4) is 0 Å². The molecule has 0 radical (unpaired) electrons. The number of aldehydes is 1. The maximum atomic E-state index is 10.8. The van der Waals surface area contributed by atoms with Crippen LogP contribution in [0.25, 0.3) is 5.65 Å². The smallest absolute Gasteiger partial charge is 0.196 e.